The van der Waals surface area contributed by atoms with E-state index in [-0.39, 0.29) is 5.91 Å². The number of amides is 1. The van der Waals surface area contributed by atoms with Crippen molar-refractivity contribution < 1.29 is 9.21 Å². The summed E-state index contributed by atoms with van der Waals surface area (Å²) in [5.74, 6) is 1.37. The Bertz CT molecular complexity index is 752. The van der Waals surface area contributed by atoms with Crippen molar-refractivity contribution in [2.75, 3.05) is 6.54 Å². The Balaban J connectivity index is 1.42. The molecule has 0 fully saturated rings. The van der Waals surface area contributed by atoms with Crippen LogP contribution in [0.3, 0.4) is 0 Å². The Hall–Kier alpha value is -1.88. The summed E-state index contributed by atoms with van der Waals surface area (Å²) in [6.45, 7) is 0.722. The van der Waals surface area contributed by atoms with Gasteiger partial charge in [-0.2, -0.15) is 0 Å². The normalized spacial score (nSPS) is 14.2. The highest BCUT2D eigenvalue weighted by Crippen LogP contribution is 2.24. The minimum absolute atomic E-state index is 0.0543. The fourth-order valence-electron chi connectivity index (χ4n) is 3.00. The number of oxazole rings is 1. The van der Waals surface area contributed by atoms with Crippen LogP contribution in [0.2, 0.25) is 0 Å². The van der Waals surface area contributed by atoms with E-state index in [4.69, 9.17) is 4.42 Å². The SMILES string of the molecule is O=C(CCc1ncc(-c2cccc(Br)c2)o1)NCCC1=CCCCC1. The van der Waals surface area contributed by atoms with Crippen molar-refractivity contribution in [3.63, 3.8) is 0 Å². The fraction of sp³-hybridized carbons (Fsp3) is 0.400. The maximum absolute atomic E-state index is 12.0. The van der Waals surface area contributed by atoms with Crippen molar-refractivity contribution in [2.45, 2.75) is 44.9 Å². The van der Waals surface area contributed by atoms with Gasteiger partial charge in [0.05, 0.1) is 6.20 Å². The summed E-state index contributed by atoms with van der Waals surface area (Å²) in [6, 6.07) is 7.88. The Morgan fingerprint density at radius 2 is 2.20 bits per heavy atom. The van der Waals surface area contributed by atoms with Crippen molar-refractivity contribution in [1.82, 2.24) is 10.3 Å². The Kier molecular flexibility index (Phi) is 6.45. The van der Waals surface area contributed by atoms with Gasteiger partial charge >= 0.3 is 0 Å². The molecular formula is C20H23BrN2O2. The van der Waals surface area contributed by atoms with Gasteiger partial charge in [-0.3, -0.25) is 4.79 Å². The molecule has 1 aromatic carbocycles. The van der Waals surface area contributed by atoms with Gasteiger partial charge in [-0.25, -0.2) is 4.98 Å². The van der Waals surface area contributed by atoms with E-state index in [1.165, 1.54) is 31.3 Å². The van der Waals surface area contributed by atoms with Gasteiger partial charge in [-0.1, -0.05) is 39.7 Å². The number of aryl methyl sites for hydroxylation is 1. The maximum Gasteiger partial charge on any atom is 0.220 e. The number of halogens is 1. The molecule has 0 bridgehead atoms. The van der Waals surface area contributed by atoms with Gasteiger partial charge in [0.1, 0.15) is 0 Å². The Morgan fingerprint density at radius 3 is 3.00 bits per heavy atom. The number of carbonyl (C=O) groups excluding carboxylic acids is 1. The number of benzene rings is 1. The summed E-state index contributed by atoms with van der Waals surface area (Å²) in [7, 11) is 0. The van der Waals surface area contributed by atoms with E-state index in [9.17, 15) is 4.79 Å². The smallest absolute Gasteiger partial charge is 0.220 e. The molecule has 0 spiro atoms. The van der Waals surface area contributed by atoms with E-state index >= 15 is 0 Å². The van der Waals surface area contributed by atoms with Gasteiger partial charge in [0.2, 0.25) is 5.91 Å². The van der Waals surface area contributed by atoms with Crippen LogP contribution in [0, 0.1) is 0 Å². The van der Waals surface area contributed by atoms with E-state index in [1.54, 1.807) is 6.20 Å². The van der Waals surface area contributed by atoms with Crippen LogP contribution in [-0.4, -0.2) is 17.4 Å². The summed E-state index contributed by atoms with van der Waals surface area (Å²) in [6.07, 6.45) is 10.9. The summed E-state index contributed by atoms with van der Waals surface area (Å²) < 4.78 is 6.75. The van der Waals surface area contributed by atoms with Crippen molar-refractivity contribution in [3.05, 3.63) is 52.5 Å². The first-order valence-corrected chi connectivity index (χ1v) is 9.65. The monoisotopic (exact) mass is 402 g/mol. The minimum Gasteiger partial charge on any atom is -0.441 e. The van der Waals surface area contributed by atoms with Crippen LogP contribution < -0.4 is 5.32 Å². The molecule has 1 aromatic heterocycles. The number of nitrogens with one attached hydrogen (secondary N) is 1. The van der Waals surface area contributed by atoms with Crippen molar-refractivity contribution in [3.8, 4) is 11.3 Å². The van der Waals surface area contributed by atoms with E-state index in [2.05, 4.69) is 32.3 Å². The quantitative estimate of drug-likeness (QED) is 0.659. The first-order chi connectivity index (χ1) is 12.2. The standard InChI is InChI=1S/C20H23BrN2O2/c21-17-8-4-7-16(13-17)18-14-23-20(25-18)10-9-19(24)22-12-11-15-5-2-1-3-6-15/h4-5,7-8,13-14H,1-3,6,9-12H2,(H,22,24). The van der Waals surface area contributed by atoms with E-state index in [1.807, 2.05) is 24.3 Å². The molecule has 5 heteroatoms. The van der Waals surface area contributed by atoms with Crippen LogP contribution in [0.15, 0.2) is 51.0 Å². The van der Waals surface area contributed by atoms with E-state index < -0.39 is 0 Å². The zero-order valence-corrected chi connectivity index (χ0v) is 15.8. The lowest BCUT2D eigenvalue weighted by Gasteiger charge is -2.12. The number of hydrogen-bond acceptors (Lipinski definition) is 3. The fourth-order valence-corrected chi connectivity index (χ4v) is 3.40. The Morgan fingerprint density at radius 1 is 1.28 bits per heavy atom. The van der Waals surface area contributed by atoms with Gasteiger partial charge in [0.25, 0.3) is 0 Å². The molecule has 0 radical (unpaired) electrons. The second kappa shape index (κ2) is 8.99. The third-order valence-corrected chi connectivity index (χ3v) is 4.88. The summed E-state index contributed by atoms with van der Waals surface area (Å²) in [5.41, 5.74) is 2.45. The molecule has 0 saturated carbocycles. The molecule has 4 nitrogen and oxygen atoms in total. The van der Waals surface area contributed by atoms with Gasteiger partial charge in [-0.05, 0) is 44.2 Å². The second-order valence-electron chi connectivity index (χ2n) is 6.34. The molecule has 0 unspecified atom stereocenters. The molecule has 2 aromatic rings. The molecule has 1 amide bonds. The van der Waals surface area contributed by atoms with Crippen LogP contribution in [0.1, 0.15) is 44.4 Å². The average Bonchev–Trinajstić information content (AvgIpc) is 3.10. The number of nitrogens with zero attached hydrogens (tertiary/aromatic N) is 1. The third-order valence-electron chi connectivity index (χ3n) is 4.38. The number of hydrogen-bond donors (Lipinski definition) is 1. The first-order valence-electron chi connectivity index (χ1n) is 8.86. The molecule has 1 heterocycles. The molecule has 1 aliphatic carbocycles. The van der Waals surface area contributed by atoms with Gasteiger partial charge < -0.3 is 9.73 Å². The molecule has 0 aliphatic heterocycles. The van der Waals surface area contributed by atoms with Crippen molar-refractivity contribution in [1.29, 1.82) is 0 Å². The number of aromatic nitrogens is 1. The highest BCUT2D eigenvalue weighted by molar-refractivity contribution is 9.10. The van der Waals surface area contributed by atoms with Crippen molar-refractivity contribution in [2.24, 2.45) is 0 Å². The van der Waals surface area contributed by atoms with Gasteiger partial charge in [0, 0.05) is 29.4 Å². The second-order valence-corrected chi connectivity index (χ2v) is 7.25. The molecule has 25 heavy (non-hydrogen) atoms. The number of carbonyl (C=O) groups is 1. The zero-order chi connectivity index (χ0) is 17.5. The van der Waals surface area contributed by atoms with Gasteiger partial charge in [0.15, 0.2) is 11.7 Å². The largest absolute Gasteiger partial charge is 0.441 e. The van der Waals surface area contributed by atoms with E-state index in [0.717, 1.165) is 28.8 Å². The van der Waals surface area contributed by atoms with Crippen LogP contribution in [0.4, 0.5) is 0 Å². The highest BCUT2D eigenvalue weighted by Gasteiger charge is 2.10. The average molecular weight is 403 g/mol. The van der Waals surface area contributed by atoms with Crippen LogP contribution in [0.5, 0.6) is 0 Å². The molecule has 132 valence electrons. The Labute approximate surface area is 156 Å². The molecule has 0 atom stereocenters. The number of allylic oxidation sites excluding steroid dienone is 1. The molecular weight excluding hydrogens is 380 g/mol. The predicted octanol–water partition coefficient (Wildman–Crippen LogP) is 5.04. The zero-order valence-electron chi connectivity index (χ0n) is 14.3. The minimum atomic E-state index is 0.0543. The molecule has 1 aliphatic rings. The lowest BCUT2D eigenvalue weighted by Crippen LogP contribution is -2.25. The molecule has 3 rings (SSSR count). The van der Waals surface area contributed by atoms with Gasteiger partial charge in [-0.15, -0.1) is 0 Å². The van der Waals surface area contributed by atoms with E-state index in [0.29, 0.717) is 18.7 Å². The summed E-state index contributed by atoms with van der Waals surface area (Å²) in [5, 5.41) is 2.99. The first kappa shape index (κ1) is 17.9. The van der Waals surface area contributed by atoms with Crippen LogP contribution in [-0.2, 0) is 11.2 Å². The molecule has 0 saturated heterocycles. The summed E-state index contributed by atoms with van der Waals surface area (Å²) >= 11 is 3.45. The lowest BCUT2D eigenvalue weighted by atomic mass is 9.97. The summed E-state index contributed by atoms with van der Waals surface area (Å²) in [4.78, 5) is 16.3. The number of rotatable bonds is 7. The van der Waals surface area contributed by atoms with Crippen LogP contribution >= 0.6 is 15.9 Å². The topological polar surface area (TPSA) is 55.1 Å². The van der Waals surface area contributed by atoms with Crippen molar-refractivity contribution >= 4 is 21.8 Å². The third kappa shape index (κ3) is 5.56. The van der Waals surface area contributed by atoms with Crippen LogP contribution in [0.25, 0.3) is 11.3 Å². The molecule has 1 N–H and O–H groups in total. The lowest BCUT2D eigenvalue weighted by molar-refractivity contribution is -0.121. The predicted molar refractivity (Wildman–Crippen MR) is 102 cm³/mol. The highest BCUT2D eigenvalue weighted by atomic mass is 79.9. The maximum atomic E-state index is 12.0.